The van der Waals surface area contributed by atoms with E-state index >= 15 is 0 Å². The lowest BCUT2D eigenvalue weighted by Crippen LogP contribution is -2.17. The minimum atomic E-state index is -0.367. The molecule has 5 aromatic rings. The number of nitrogens with zero attached hydrogens (tertiary/aromatic N) is 2. The second-order valence-electron chi connectivity index (χ2n) is 9.25. The predicted molar refractivity (Wildman–Crippen MR) is 181 cm³/mol. The van der Waals surface area contributed by atoms with Crippen molar-refractivity contribution in [1.82, 2.24) is 10.4 Å². The summed E-state index contributed by atoms with van der Waals surface area (Å²) in [5.74, 6) is 0.458. The van der Waals surface area contributed by atoms with E-state index in [0.29, 0.717) is 49.3 Å². The lowest BCUT2D eigenvalue weighted by atomic mass is 10.1. The number of ether oxygens (including phenoxy) is 2. The van der Waals surface area contributed by atoms with Crippen LogP contribution in [-0.2, 0) is 6.61 Å². The number of hydrazone groups is 1. The quantitative estimate of drug-likeness (QED) is 0.107. The molecule has 0 saturated heterocycles. The molecular formula is C32H24Cl4N4O3S. The van der Waals surface area contributed by atoms with Crippen LogP contribution in [0.1, 0.15) is 28.4 Å². The van der Waals surface area contributed by atoms with E-state index < -0.39 is 0 Å². The number of benzene rings is 4. The van der Waals surface area contributed by atoms with Crippen LogP contribution in [0.2, 0.25) is 20.1 Å². The van der Waals surface area contributed by atoms with Gasteiger partial charge >= 0.3 is 0 Å². The van der Waals surface area contributed by atoms with E-state index in [9.17, 15) is 4.79 Å². The Hall–Kier alpha value is -3.79. The van der Waals surface area contributed by atoms with Gasteiger partial charge in [-0.1, -0.05) is 64.6 Å². The maximum absolute atomic E-state index is 12.7. The van der Waals surface area contributed by atoms with Gasteiger partial charge in [-0.15, -0.1) is 11.3 Å². The molecule has 0 saturated carbocycles. The van der Waals surface area contributed by atoms with Crippen molar-refractivity contribution in [3.63, 3.8) is 0 Å². The standard InChI is InChI=1S/C32H24Cl4N4O3S/c1-2-42-29-15-20(14-27(36)30(29)43-17-19-3-12-25(34)26(35)13-19)16-37-40-31(41)22-6-4-21(5-7-22)28-18-44-32(39-28)38-24-10-8-23(33)9-11-24/h3-16,18H,2,17H2,1H3,(H,38,39)(H,40,41)/b37-16-. The third-order valence-corrected chi connectivity index (χ3v) is 8.15. The van der Waals surface area contributed by atoms with Crippen LogP contribution >= 0.6 is 57.7 Å². The van der Waals surface area contributed by atoms with Gasteiger partial charge in [0.05, 0.1) is 33.6 Å². The van der Waals surface area contributed by atoms with Gasteiger partial charge in [-0.2, -0.15) is 5.10 Å². The molecule has 5 rings (SSSR count). The van der Waals surface area contributed by atoms with Gasteiger partial charge in [-0.05, 0) is 78.7 Å². The predicted octanol–water partition coefficient (Wildman–Crippen LogP) is 9.91. The SMILES string of the molecule is CCOc1cc(/C=N\NC(=O)c2ccc(-c3csc(Nc4ccc(Cl)cc4)n3)cc2)cc(Cl)c1OCc1ccc(Cl)c(Cl)c1. The number of carbonyl (C=O) groups is 1. The first-order valence-electron chi connectivity index (χ1n) is 13.2. The van der Waals surface area contributed by atoms with E-state index in [4.69, 9.17) is 55.9 Å². The fourth-order valence-electron chi connectivity index (χ4n) is 3.99. The molecule has 0 spiro atoms. The first-order valence-corrected chi connectivity index (χ1v) is 15.6. The molecule has 1 amide bonds. The number of aromatic nitrogens is 1. The molecule has 44 heavy (non-hydrogen) atoms. The number of hydrogen-bond acceptors (Lipinski definition) is 7. The lowest BCUT2D eigenvalue weighted by molar-refractivity contribution is 0.0955. The minimum absolute atomic E-state index is 0.211. The average molecular weight is 686 g/mol. The highest BCUT2D eigenvalue weighted by molar-refractivity contribution is 7.14. The van der Waals surface area contributed by atoms with Crippen molar-refractivity contribution in [3.05, 3.63) is 121 Å². The van der Waals surface area contributed by atoms with Gasteiger partial charge in [0, 0.05) is 27.2 Å². The van der Waals surface area contributed by atoms with Crippen LogP contribution in [0.3, 0.4) is 0 Å². The van der Waals surface area contributed by atoms with Crippen LogP contribution in [0.25, 0.3) is 11.3 Å². The van der Waals surface area contributed by atoms with Crippen LogP contribution in [0, 0.1) is 0 Å². The summed E-state index contributed by atoms with van der Waals surface area (Å²) in [5, 5.41) is 11.9. The molecule has 0 aliphatic carbocycles. The van der Waals surface area contributed by atoms with Gasteiger partial charge in [0.1, 0.15) is 6.61 Å². The molecule has 4 aromatic carbocycles. The number of halogens is 4. The van der Waals surface area contributed by atoms with Gasteiger partial charge < -0.3 is 14.8 Å². The van der Waals surface area contributed by atoms with Crippen molar-refractivity contribution in [2.24, 2.45) is 5.10 Å². The number of amides is 1. The van der Waals surface area contributed by atoms with Crippen LogP contribution in [0.4, 0.5) is 10.8 Å². The summed E-state index contributed by atoms with van der Waals surface area (Å²) < 4.78 is 11.7. The second kappa shape index (κ2) is 14.8. The monoisotopic (exact) mass is 684 g/mol. The molecule has 12 heteroatoms. The van der Waals surface area contributed by atoms with E-state index in [1.165, 1.54) is 17.6 Å². The minimum Gasteiger partial charge on any atom is -0.490 e. The summed E-state index contributed by atoms with van der Waals surface area (Å²) in [5.41, 5.74) is 6.99. The molecule has 0 radical (unpaired) electrons. The summed E-state index contributed by atoms with van der Waals surface area (Å²) in [6, 6.07) is 23.2. The fraction of sp³-hybridized carbons (Fsp3) is 0.0938. The molecule has 0 fully saturated rings. The fourth-order valence-corrected chi connectivity index (χ4v) is 5.45. The third kappa shape index (κ3) is 8.22. The topological polar surface area (TPSA) is 84.8 Å². The zero-order chi connectivity index (χ0) is 31.1. The molecule has 1 heterocycles. The van der Waals surface area contributed by atoms with Crippen molar-refractivity contribution in [2.75, 3.05) is 11.9 Å². The summed E-state index contributed by atoms with van der Waals surface area (Å²) >= 11 is 26.1. The van der Waals surface area contributed by atoms with E-state index in [1.807, 2.05) is 54.8 Å². The van der Waals surface area contributed by atoms with E-state index in [-0.39, 0.29) is 12.5 Å². The number of thiazole rings is 1. The highest BCUT2D eigenvalue weighted by atomic mass is 35.5. The summed E-state index contributed by atoms with van der Waals surface area (Å²) in [6.07, 6.45) is 1.48. The number of anilines is 2. The molecule has 7 nitrogen and oxygen atoms in total. The zero-order valence-electron chi connectivity index (χ0n) is 23.1. The van der Waals surface area contributed by atoms with Crippen LogP contribution < -0.4 is 20.2 Å². The van der Waals surface area contributed by atoms with Gasteiger partial charge in [0.15, 0.2) is 16.6 Å². The molecule has 1 aromatic heterocycles. The average Bonchev–Trinajstić information content (AvgIpc) is 3.48. The van der Waals surface area contributed by atoms with Gasteiger partial charge in [0.2, 0.25) is 0 Å². The third-order valence-electron chi connectivity index (χ3n) is 6.12. The van der Waals surface area contributed by atoms with E-state index in [1.54, 1.807) is 36.4 Å². The Kier molecular flexibility index (Phi) is 10.6. The maximum atomic E-state index is 12.7. The van der Waals surface area contributed by atoms with Crippen molar-refractivity contribution >= 4 is 80.7 Å². The Morgan fingerprint density at radius 1 is 0.909 bits per heavy atom. The molecule has 224 valence electrons. The zero-order valence-corrected chi connectivity index (χ0v) is 27.0. The van der Waals surface area contributed by atoms with Gasteiger partial charge in [0.25, 0.3) is 5.91 Å². The molecular weight excluding hydrogens is 662 g/mol. The van der Waals surface area contributed by atoms with Crippen LogP contribution in [0.15, 0.2) is 89.3 Å². The summed E-state index contributed by atoms with van der Waals surface area (Å²) in [7, 11) is 0. The van der Waals surface area contributed by atoms with Crippen molar-refractivity contribution in [1.29, 1.82) is 0 Å². The lowest BCUT2D eigenvalue weighted by Gasteiger charge is -2.14. The molecule has 0 bridgehead atoms. The van der Waals surface area contributed by atoms with Gasteiger partial charge in [-0.25, -0.2) is 10.4 Å². The molecule has 0 aliphatic heterocycles. The van der Waals surface area contributed by atoms with Crippen molar-refractivity contribution in [3.8, 4) is 22.8 Å². The van der Waals surface area contributed by atoms with Crippen LogP contribution in [-0.4, -0.2) is 23.7 Å². The van der Waals surface area contributed by atoms with Crippen LogP contribution in [0.5, 0.6) is 11.5 Å². The molecule has 0 unspecified atom stereocenters. The van der Waals surface area contributed by atoms with Crippen molar-refractivity contribution in [2.45, 2.75) is 13.5 Å². The largest absolute Gasteiger partial charge is 0.490 e. The normalized spacial score (nSPS) is 11.0. The number of rotatable bonds is 11. The Morgan fingerprint density at radius 2 is 1.68 bits per heavy atom. The molecule has 0 atom stereocenters. The Labute approximate surface area is 278 Å². The smallest absolute Gasteiger partial charge is 0.271 e. The Balaban J connectivity index is 1.20. The second-order valence-corrected chi connectivity index (χ2v) is 11.8. The number of hydrogen-bond donors (Lipinski definition) is 2. The molecule has 2 N–H and O–H groups in total. The Morgan fingerprint density at radius 3 is 2.41 bits per heavy atom. The Bertz CT molecular complexity index is 1800. The summed E-state index contributed by atoms with van der Waals surface area (Å²) in [6.45, 7) is 2.46. The van der Waals surface area contributed by atoms with E-state index in [2.05, 4.69) is 20.8 Å². The van der Waals surface area contributed by atoms with Crippen molar-refractivity contribution < 1.29 is 14.3 Å². The maximum Gasteiger partial charge on any atom is 0.271 e. The molecule has 0 aliphatic rings. The highest BCUT2D eigenvalue weighted by Crippen LogP contribution is 2.37. The van der Waals surface area contributed by atoms with Gasteiger partial charge in [-0.3, -0.25) is 4.79 Å². The first-order chi connectivity index (χ1) is 21.3. The summed E-state index contributed by atoms with van der Waals surface area (Å²) in [4.78, 5) is 17.4. The highest BCUT2D eigenvalue weighted by Gasteiger charge is 2.14. The van der Waals surface area contributed by atoms with E-state index in [0.717, 1.165) is 27.6 Å². The number of carbonyl (C=O) groups excluding carboxylic acids is 1. The first kappa shape index (κ1) is 31.6. The number of nitrogens with one attached hydrogen (secondary N) is 2.